The van der Waals surface area contributed by atoms with E-state index in [1.807, 2.05) is 80.3 Å². The number of fused-ring (bicyclic) bond motifs is 1. The number of carbonyl (C=O) groups excluding carboxylic acids is 1. The molecule has 3 heterocycles. The smallest absolute Gasteiger partial charge is 0.410 e. The third-order valence-corrected chi connectivity index (χ3v) is 8.38. The molecule has 2 aromatic heterocycles. The second-order valence-electron chi connectivity index (χ2n) is 12.3. The molecule has 1 amide bonds. The van der Waals surface area contributed by atoms with Crippen LogP contribution in [0.15, 0.2) is 60.9 Å². The topological polar surface area (TPSA) is 108 Å². The molecule has 0 radical (unpaired) electrons. The van der Waals surface area contributed by atoms with Crippen molar-refractivity contribution < 1.29 is 14.3 Å². The third kappa shape index (κ3) is 5.51. The van der Waals surface area contributed by atoms with E-state index >= 15 is 0 Å². The van der Waals surface area contributed by atoms with Gasteiger partial charge >= 0.3 is 6.09 Å². The van der Waals surface area contributed by atoms with Gasteiger partial charge in [-0.3, -0.25) is 4.90 Å². The van der Waals surface area contributed by atoms with Crippen molar-refractivity contribution in [3.8, 4) is 22.8 Å². The summed E-state index contributed by atoms with van der Waals surface area (Å²) < 4.78 is 12.3. The first-order chi connectivity index (χ1) is 20.2. The Labute approximate surface area is 246 Å². The molecule has 42 heavy (non-hydrogen) atoms. The van der Waals surface area contributed by atoms with Crippen LogP contribution in [-0.4, -0.2) is 68.7 Å². The summed E-state index contributed by atoms with van der Waals surface area (Å²) in [5.74, 6) is 1.92. The number of quaternary nitrogens is 1. The van der Waals surface area contributed by atoms with Crippen molar-refractivity contribution in [3.05, 3.63) is 60.9 Å². The van der Waals surface area contributed by atoms with E-state index in [-0.39, 0.29) is 6.09 Å². The minimum atomic E-state index is -0.535. The van der Waals surface area contributed by atoms with Gasteiger partial charge in [0.05, 0.1) is 18.5 Å². The van der Waals surface area contributed by atoms with Crippen molar-refractivity contribution in [3.63, 3.8) is 0 Å². The molecule has 0 unspecified atom stereocenters. The van der Waals surface area contributed by atoms with Gasteiger partial charge in [0.15, 0.2) is 0 Å². The average molecular weight is 571 g/mol. The highest BCUT2D eigenvalue weighted by Crippen LogP contribution is 2.36. The van der Waals surface area contributed by atoms with Crippen molar-refractivity contribution in [2.75, 3.05) is 31.9 Å². The van der Waals surface area contributed by atoms with Crippen molar-refractivity contribution in [1.82, 2.24) is 29.3 Å². The normalized spacial score (nSPS) is 17.7. The number of nitrogens with two attached hydrogens (primary N) is 1. The van der Waals surface area contributed by atoms with Gasteiger partial charge in [0.25, 0.3) is 0 Å². The molecular weight excluding hydrogens is 530 g/mol. The fourth-order valence-electron chi connectivity index (χ4n) is 6.34. The second kappa shape index (κ2) is 11.2. The van der Waals surface area contributed by atoms with Crippen LogP contribution in [0.1, 0.15) is 52.9 Å². The van der Waals surface area contributed by atoms with E-state index < -0.39 is 5.60 Å². The summed E-state index contributed by atoms with van der Waals surface area (Å²) in [7, 11) is 0. The quantitative estimate of drug-likeness (QED) is 0.298. The van der Waals surface area contributed by atoms with Gasteiger partial charge in [0.1, 0.15) is 54.1 Å². The Bertz CT molecular complexity index is 1530. The van der Waals surface area contributed by atoms with Crippen molar-refractivity contribution in [2.24, 2.45) is 0 Å². The lowest BCUT2D eigenvalue weighted by atomic mass is 9.93. The van der Waals surface area contributed by atoms with Crippen LogP contribution in [0.25, 0.3) is 22.3 Å². The molecule has 2 N–H and O–H groups in total. The van der Waals surface area contributed by atoms with Crippen LogP contribution in [0.3, 0.4) is 0 Å². The Hall–Kier alpha value is -4.18. The molecule has 220 valence electrons. The lowest BCUT2D eigenvalue weighted by molar-refractivity contribution is -0.0273. The number of piperazine rings is 1. The molecule has 6 rings (SSSR count). The number of benzene rings is 2. The number of carbonyl (C=O) groups is 1. The number of anilines is 1. The molecule has 0 atom stereocenters. The lowest BCUT2D eigenvalue weighted by Crippen LogP contribution is -2.72. The van der Waals surface area contributed by atoms with E-state index in [0.29, 0.717) is 42.6 Å². The molecule has 4 aromatic rings. The first kappa shape index (κ1) is 28.0. The molecule has 10 nitrogen and oxygen atoms in total. The molecule has 10 heteroatoms. The third-order valence-electron chi connectivity index (χ3n) is 8.38. The van der Waals surface area contributed by atoms with E-state index in [1.165, 1.54) is 25.6 Å². The summed E-state index contributed by atoms with van der Waals surface area (Å²) in [6.45, 7) is 8.29. The van der Waals surface area contributed by atoms with Crippen LogP contribution < -0.4 is 15.1 Å². The van der Waals surface area contributed by atoms with Gasteiger partial charge in [-0.15, -0.1) is 5.10 Å². The number of hydrogen-bond acceptors (Lipinski definition) is 7. The largest absolute Gasteiger partial charge is 0.457 e. The number of nitrogen functional groups attached to an aromatic ring is 1. The zero-order chi connectivity index (χ0) is 29.3. The number of ether oxygens (including phenoxy) is 2. The second-order valence-corrected chi connectivity index (χ2v) is 12.3. The molecule has 2 aromatic carbocycles. The van der Waals surface area contributed by atoms with Gasteiger partial charge in [-0.05, 0) is 70.0 Å². The maximum absolute atomic E-state index is 13.0. The zero-order valence-corrected chi connectivity index (χ0v) is 24.7. The molecule has 1 aliphatic carbocycles. The number of amides is 1. The predicted molar refractivity (Wildman–Crippen MR) is 164 cm³/mol. The van der Waals surface area contributed by atoms with Crippen LogP contribution in [-0.2, 0) is 4.74 Å². The number of hydrogen-bond donors (Lipinski definition) is 1. The number of rotatable bonds is 5. The summed E-state index contributed by atoms with van der Waals surface area (Å²) in [6, 6.07) is 18.0. The van der Waals surface area contributed by atoms with Crippen LogP contribution in [0.4, 0.5) is 10.6 Å². The van der Waals surface area contributed by atoms with E-state index in [0.717, 1.165) is 46.6 Å². The fourth-order valence-corrected chi connectivity index (χ4v) is 6.34. The Morgan fingerprint density at radius 1 is 0.929 bits per heavy atom. The van der Waals surface area contributed by atoms with Gasteiger partial charge in [-0.25, -0.2) is 14.8 Å². The number of nitrogens with zero attached hydrogens (tertiary/aromatic N) is 6. The fraction of sp³-hybridized carbons (Fsp3) is 0.438. The van der Waals surface area contributed by atoms with Crippen LogP contribution in [0.5, 0.6) is 11.5 Å². The predicted octanol–water partition coefficient (Wildman–Crippen LogP) is 5.89. The molecule has 2 aliphatic rings. The van der Waals surface area contributed by atoms with Crippen molar-refractivity contribution >= 4 is 22.9 Å². The van der Waals surface area contributed by atoms with Crippen LogP contribution in [0.2, 0.25) is 0 Å². The molecule has 1 saturated heterocycles. The molecule has 2 fully saturated rings. The highest BCUT2D eigenvalue weighted by molar-refractivity contribution is 5.98. The van der Waals surface area contributed by atoms with Gasteiger partial charge in [-0.1, -0.05) is 29.4 Å². The summed E-state index contributed by atoms with van der Waals surface area (Å²) in [6.07, 6.45) is 7.09. The minimum Gasteiger partial charge on any atom is -0.457 e. The van der Waals surface area contributed by atoms with E-state index in [2.05, 4.69) is 9.77 Å². The zero-order valence-electron chi connectivity index (χ0n) is 24.7. The van der Waals surface area contributed by atoms with Gasteiger partial charge in [-0.2, -0.15) is 4.59 Å². The number of para-hydroxylation sites is 1. The average Bonchev–Trinajstić information content (AvgIpc) is 3.39. The summed E-state index contributed by atoms with van der Waals surface area (Å²) in [4.78, 5) is 25.9. The Morgan fingerprint density at radius 3 is 2.26 bits per heavy atom. The van der Waals surface area contributed by atoms with E-state index in [4.69, 9.17) is 25.3 Å². The van der Waals surface area contributed by atoms with E-state index in [9.17, 15) is 4.79 Å². The molecular formula is C32H40N7O3+. The van der Waals surface area contributed by atoms with Gasteiger partial charge in [0, 0.05) is 18.4 Å². The molecule has 1 aliphatic heterocycles. The summed E-state index contributed by atoms with van der Waals surface area (Å²) in [5, 5.41) is 6.01. The molecule has 0 bridgehead atoms. The van der Waals surface area contributed by atoms with E-state index in [1.54, 1.807) is 0 Å². The maximum atomic E-state index is 13.0. The Kier molecular flexibility index (Phi) is 7.49. The summed E-state index contributed by atoms with van der Waals surface area (Å²) >= 11 is 0. The van der Waals surface area contributed by atoms with Gasteiger partial charge in [0.2, 0.25) is 5.65 Å². The first-order valence-electron chi connectivity index (χ1n) is 14.9. The minimum absolute atomic E-state index is 0.265. The monoisotopic (exact) mass is 570 g/mol. The molecule has 0 spiro atoms. The van der Waals surface area contributed by atoms with Gasteiger partial charge < -0.3 is 15.2 Å². The lowest BCUT2D eigenvalue weighted by Gasteiger charge is -2.48. The highest BCUT2D eigenvalue weighted by Gasteiger charge is 2.46. The SMILES string of the molecule is CC(C)(C)OC(=O)N1CC[N+](C2CCCCC2)(n2nc(-c3ccc(Oc4ccccc4)cc3)c3c(N)ncnc32)CC1. The Morgan fingerprint density at radius 2 is 1.60 bits per heavy atom. The summed E-state index contributed by atoms with van der Waals surface area (Å²) in [5.41, 5.74) is 8.35. The molecule has 1 saturated carbocycles. The highest BCUT2D eigenvalue weighted by atomic mass is 16.6. The van der Waals surface area contributed by atoms with Crippen molar-refractivity contribution in [2.45, 2.75) is 64.5 Å². The van der Waals surface area contributed by atoms with Crippen LogP contribution in [0, 0.1) is 0 Å². The number of aromatic nitrogens is 4. The first-order valence-corrected chi connectivity index (χ1v) is 14.9. The Balaban J connectivity index is 1.37. The maximum Gasteiger partial charge on any atom is 0.410 e. The standard InChI is InChI=1S/C32H40N7O3/c1-32(2,3)42-31(40)37-18-20-39(21-19-37,24-10-6-4-7-11-24)38-30-27(29(33)34-22-35-30)28(36-38)23-14-16-26(17-15-23)41-25-12-8-5-9-13-25/h5,8-9,12-17,22,24H,4,6-7,10-11,18-21H2,1-3H3,(H2,33,34,35)/q+1. The van der Waals surface area contributed by atoms with Crippen molar-refractivity contribution in [1.29, 1.82) is 0 Å². The van der Waals surface area contributed by atoms with Crippen LogP contribution >= 0.6 is 0 Å².